The number of nitrogens with zero attached hydrogens (tertiary/aromatic N) is 3. The molecule has 23 heavy (non-hydrogen) atoms. The maximum absolute atomic E-state index is 14.0. The molecule has 1 saturated heterocycles. The maximum Gasteiger partial charge on any atom is 0.217 e. The Morgan fingerprint density at radius 1 is 1.22 bits per heavy atom. The Balaban J connectivity index is 1.63. The summed E-state index contributed by atoms with van der Waals surface area (Å²) in [5.41, 5.74) is 0.853. The number of rotatable bonds is 4. The van der Waals surface area contributed by atoms with Crippen LogP contribution >= 0.6 is 0 Å². The zero-order chi connectivity index (χ0) is 16.4. The second kappa shape index (κ2) is 6.56. The molecule has 0 unspecified atom stereocenters. The largest absolute Gasteiger partial charge is 0.298 e. The molecule has 0 spiro atoms. The lowest BCUT2D eigenvalue weighted by molar-refractivity contribution is 0.274. The van der Waals surface area contributed by atoms with Crippen LogP contribution in [0.15, 0.2) is 18.2 Å². The molecule has 5 nitrogen and oxygen atoms in total. The van der Waals surface area contributed by atoms with Crippen LogP contribution in [-0.4, -0.2) is 49.1 Å². The molecule has 2 aliphatic rings. The summed E-state index contributed by atoms with van der Waals surface area (Å²) in [6.07, 6.45) is 2.31. The Hall–Kier alpha value is -1.49. The Labute approximate surface area is 136 Å². The average molecular weight is 337 g/mol. The molecule has 0 N–H and O–H groups in total. The van der Waals surface area contributed by atoms with E-state index in [0.29, 0.717) is 37.3 Å². The van der Waals surface area contributed by atoms with E-state index in [1.54, 1.807) is 16.4 Å². The van der Waals surface area contributed by atoms with Crippen LogP contribution in [0.5, 0.6) is 0 Å². The summed E-state index contributed by atoms with van der Waals surface area (Å²) >= 11 is 0. The fourth-order valence-electron chi connectivity index (χ4n) is 2.92. The van der Waals surface area contributed by atoms with Gasteiger partial charge in [0, 0.05) is 31.7 Å². The van der Waals surface area contributed by atoms with Crippen molar-refractivity contribution in [2.45, 2.75) is 31.1 Å². The van der Waals surface area contributed by atoms with Gasteiger partial charge in [-0.15, -0.1) is 0 Å². The number of sulfonamides is 1. The highest BCUT2D eigenvalue weighted by Crippen LogP contribution is 2.31. The van der Waals surface area contributed by atoms with Crippen molar-refractivity contribution in [1.29, 1.82) is 5.26 Å². The zero-order valence-electron chi connectivity index (χ0n) is 12.9. The number of nitriles is 1. The molecule has 0 bridgehead atoms. The minimum Gasteiger partial charge on any atom is -0.298 e. The molecule has 1 aromatic rings. The summed E-state index contributed by atoms with van der Waals surface area (Å²) in [5.74, 6) is -0.379. The predicted molar refractivity (Wildman–Crippen MR) is 84.5 cm³/mol. The van der Waals surface area contributed by atoms with Crippen molar-refractivity contribution in [3.63, 3.8) is 0 Å². The lowest BCUT2D eigenvalue weighted by atomic mass is 10.1. The third-order valence-corrected chi connectivity index (χ3v) is 6.83. The molecule has 0 atom stereocenters. The third kappa shape index (κ3) is 3.71. The molecule has 0 amide bonds. The van der Waals surface area contributed by atoms with Gasteiger partial charge in [-0.3, -0.25) is 4.90 Å². The van der Waals surface area contributed by atoms with Crippen molar-refractivity contribution in [3.05, 3.63) is 35.1 Å². The molecule has 1 aliphatic carbocycles. The topological polar surface area (TPSA) is 64.4 Å². The molecule has 7 heteroatoms. The molecule has 2 fully saturated rings. The molecule has 1 heterocycles. The van der Waals surface area contributed by atoms with E-state index in [1.165, 1.54) is 6.07 Å². The van der Waals surface area contributed by atoms with E-state index in [0.717, 1.165) is 25.8 Å². The normalized spacial score (nSPS) is 20.9. The van der Waals surface area contributed by atoms with E-state index in [2.05, 4.69) is 4.90 Å². The van der Waals surface area contributed by atoms with Gasteiger partial charge in [-0.2, -0.15) is 5.26 Å². The Morgan fingerprint density at radius 3 is 2.65 bits per heavy atom. The van der Waals surface area contributed by atoms with Crippen LogP contribution in [0.1, 0.15) is 30.4 Å². The Kier molecular flexibility index (Phi) is 4.67. The summed E-state index contributed by atoms with van der Waals surface area (Å²) in [4.78, 5) is 2.08. The smallest absolute Gasteiger partial charge is 0.217 e. The summed E-state index contributed by atoms with van der Waals surface area (Å²) in [5, 5.41) is 8.60. The first-order chi connectivity index (χ1) is 11.0. The maximum atomic E-state index is 14.0. The van der Waals surface area contributed by atoms with E-state index in [-0.39, 0.29) is 11.1 Å². The summed E-state index contributed by atoms with van der Waals surface area (Å²) in [6.45, 7) is 2.80. The van der Waals surface area contributed by atoms with E-state index >= 15 is 0 Å². The van der Waals surface area contributed by atoms with Gasteiger partial charge in [-0.25, -0.2) is 17.1 Å². The average Bonchev–Trinajstić information content (AvgIpc) is 3.36. The number of hydrogen-bond donors (Lipinski definition) is 0. The summed E-state index contributed by atoms with van der Waals surface area (Å²) < 4.78 is 40.2. The van der Waals surface area contributed by atoms with Crippen LogP contribution < -0.4 is 0 Å². The molecule has 3 rings (SSSR count). The third-order valence-electron chi connectivity index (χ3n) is 4.43. The van der Waals surface area contributed by atoms with Gasteiger partial charge in [0.2, 0.25) is 10.0 Å². The SMILES string of the molecule is N#Cc1ccc(CN2CCCN(S(=O)(=O)C3CC3)CC2)c(F)c1. The minimum absolute atomic E-state index is 0.176. The summed E-state index contributed by atoms with van der Waals surface area (Å²) in [7, 11) is -3.13. The molecular formula is C16H20FN3O2S. The Bertz CT molecular complexity index is 725. The van der Waals surface area contributed by atoms with E-state index in [9.17, 15) is 12.8 Å². The molecule has 1 saturated carbocycles. The number of halogens is 1. The van der Waals surface area contributed by atoms with Gasteiger partial charge in [0.25, 0.3) is 0 Å². The standard InChI is InChI=1S/C16H20FN3O2S/c17-16-10-13(11-18)2-3-14(16)12-19-6-1-7-20(9-8-19)23(21,22)15-4-5-15/h2-3,10,15H,1,4-9,12H2. The van der Waals surface area contributed by atoms with Gasteiger partial charge >= 0.3 is 0 Å². The molecule has 0 aromatic heterocycles. The lowest BCUT2D eigenvalue weighted by Crippen LogP contribution is -2.37. The minimum atomic E-state index is -3.13. The Morgan fingerprint density at radius 2 is 2.00 bits per heavy atom. The van der Waals surface area contributed by atoms with Crippen LogP contribution in [0.25, 0.3) is 0 Å². The highest BCUT2D eigenvalue weighted by molar-refractivity contribution is 7.90. The van der Waals surface area contributed by atoms with E-state index in [4.69, 9.17) is 5.26 Å². The molecule has 0 radical (unpaired) electrons. The van der Waals surface area contributed by atoms with Crippen molar-refractivity contribution in [2.75, 3.05) is 26.2 Å². The fourth-order valence-corrected chi connectivity index (χ4v) is 4.80. The van der Waals surface area contributed by atoms with Crippen LogP contribution in [0, 0.1) is 17.1 Å². The molecule has 1 aliphatic heterocycles. The molecular weight excluding hydrogens is 317 g/mol. The number of hydrogen-bond acceptors (Lipinski definition) is 4. The van der Waals surface area contributed by atoms with Crippen molar-refractivity contribution in [3.8, 4) is 6.07 Å². The van der Waals surface area contributed by atoms with Crippen LogP contribution in [-0.2, 0) is 16.6 Å². The first-order valence-electron chi connectivity index (χ1n) is 7.90. The lowest BCUT2D eigenvalue weighted by Gasteiger charge is -2.22. The van der Waals surface area contributed by atoms with Gasteiger partial charge in [0.15, 0.2) is 0 Å². The van der Waals surface area contributed by atoms with Crippen molar-refractivity contribution < 1.29 is 12.8 Å². The monoisotopic (exact) mass is 337 g/mol. The second-order valence-corrected chi connectivity index (χ2v) is 8.40. The van der Waals surface area contributed by atoms with Gasteiger partial charge in [0.1, 0.15) is 5.82 Å². The number of benzene rings is 1. The van der Waals surface area contributed by atoms with Crippen LogP contribution in [0.4, 0.5) is 4.39 Å². The molecule has 124 valence electrons. The van der Waals surface area contributed by atoms with Crippen molar-refractivity contribution >= 4 is 10.0 Å². The predicted octanol–water partition coefficient (Wildman–Crippen LogP) is 1.70. The van der Waals surface area contributed by atoms with Crippen LogP contribution in [0.2, 0.25) is 0 Å². The zero-order valence-corrected chi connectivity index (χ0v) is 13.7. The van der Waals surface area contributed by atoms with E-state index in [1.807, 2.05) is 6.07 Å². The molecule has 1 aromatic carbocycles. The van der Waals surface area contributed by atoms with Gasteiger partial charge in [0.05, 0.1) is 16.9 Å². The quantitative estimate of drug-likeness (QED) is 0.839. The van der Waals surface area contributed by atoms with Crippen molar-refractivity contribution in [1.82, 2.24) is 9.21 Å². The van der Waals surface area contributed by atoms with E-state index < -0.39 is 10.0 Å². The van der Waals surface area contributed by atoms with Gasteiger partial charge in [-0.05, 0) is 37.9 Å². The van der Waals surface area contributed by atoms with Crippen LogP contribution in [0.3, 0.4) is 0 Å². The first kappa shape index (κ1) is 16.4. The summed E-state index contributed by atoms with van der Waals surface area (Å²) in [6, 6.07) is 6.42. The highest BCUT2D eigenvalue weighted by Gasteiger charge is 2.40. The van der Waals surface area contributed by atoms with Crippen molar-refractivity contribution in [2.24, 2.45) is 0 Å². The fraction of sp³-hybridized carbons (Fsp3) is 0.562. The van der Waals surface area contributed by atoms with Gasteiger partial charge in [-0.1, -0.05) is 6.07 Å². The highest BCUT2D eigenvalue weighted by atomic mass is 32.2. The first-order valence-corrected chi connectivity index (χ1v) is 9.41. The second-order valence-electron chi connectivity index (χ2n) is 6.19. The van der Waals surface area contributed by atoms with Gasteiger partial charge < -0.3 is 0 Å².